The molecule has 0 atom stereocenters. The standard InChI is InChI=1S/C18H20ClN3O3/c1-12(14-9-8-13(24-2)10-17(14)25-3)21-22-18(23)11-20-16-7-5-4-6-15(16)19/h4-10,20H,11H2,1-3H3,(H,22,23)/b21-12+. The summed E-state index contributed by atoms with van der Waals surface area (Å²) in [5, 5.41) is 7.63. The van der Waals surface area contributed by atoms with E-state index in [1.807, 2.05) is 18.2 Å². The lowest BCUT2D eigenvalue weighted by atomic mass is 10.1. The number of nitrogens with one attached hydrogen (secondary N) is 2. The van der Waals surface area contributed by atoms with E-state index in [2.05, 4.69) is 15.8 Å². The number of carbonyl (C=O) groups is 1. The fourth-order valence-electron chi connectivity index (χ4n) is 2.12. The number of hydrazone groups is 1. The zero-order valence-electron chi connectivity index (χ0n) is 14.3. The van der Waals surface area contributed by atoms with Gasteiger partial charge in [0.1, 0.15) is 11.5 Å². The van der Waals surface area contributed by atoms with Gasteiger partial charge in [-0.25, -0.2) is 5.43 Å². The summed E-state index contributed by atoms with van der Waals surface area (Å²) < 4.78 is 10.5. The maximum atomic E-state index is 11.9. The summed E-state index contributed by atoms with van der Waals surface area (Å²) >= 11 is 6.03. The van der Waals surface area contributed by atoms with Crippen molar-refractivity contribution in [3.05, 3.63) is 53.1 Å². The van der Waals surface area contributed by atoms with Crippen molar-refractivity contribution in [2.45, 2.75) is 6.92 Å². The van der Waals surface area contributed by atoms with E-state index in [4.69, 9.17) is 21.1 Å². The van der Waals surface area contributed by atoms with Crippen molar-refractivity contribution in [3.63, 3.8) is 0 Å². The number of nitrogens with zero attached hydrogens (tertiary/aromatic N) is 1. The molecule has 2 rings (SSSR count). The Balaban J connectivity index is 1.98. The van der Waals surface area contributed by atoms with Crippen LogP contribution in [-0.4, -0.2) is 32.4 Å². The van der Waals surface area contributed by atoms with Crippen molar-refractivity contribution in [2.75, 3.05) is 26.1 Å². The minimum atomic E-state index is -0.285. The topological polar surface area (TPSA) is 72.0 Å². The van der Waals surface area contributed by atoms with Crippen molar-refractivity contribution in [1.82, 2.24) is 5.43 Å². The SMILES string of the molecule is COc1ccc(/C(C)=N/NC(=O)CNc2ccccc2Cl)c(OC)c1. The number of anilines is 1. The van der Waals surface area contributed by atoms with Crippen LogP contribution in [0.25, 0.3) is 0 Å². The van der Waals surface area contributed by atoms with Crippen molar-refractivity contribution < 1.29 is 14.3 Å². The normalized spacial score (nSPS) is 11.0. The number of halogens is 1. The number of hydrogen-bond donors (Lipinski definition) is 2. The summed E-state index contributed by atoms with van der Waals surface area (Å²) in [6.07, 6.45) is 0. The van der Waals surface area contributed by atoms with Gasteiger partial charge in [-0.1, -0.05) is 23.7 Å². The number of ether oxygens (including phenoxy) is 2. The first-order valence-electron chi connectivity index (χ1n) is 7.59. The summed E-state index contributed by atoms with van der Waals surface area (Å²) in [7, 11) is 3.15. The third-order valence-electron chi connectivity index (χ3n) is 3.46. The maximum absolute atomic E-state index is 11.9. The molecule has 2 N–H and O–H groups in total. The minimum Gasteiger partial charge on any atom is -0.497 e. The van der Waals surface area contributed by atoms with E-state index in [0.717, 1.165) is 5.56 Å². The number of rotatable bonds is 7. The van der Waals surface area contributed by atoms with Gasteiger partial charge in [0.25, 0.3) is 5.91 Å². The number of amides is 1. The molecule has 25 heavy (non-hydrogen) atoms. The largest absolute Gasteiger partial charge is 0.497 e. The molecule has 6 nitrogen and oxygen atoms in total. The van der Waals surface area contributed by atoms with Gasteiger partial charge in [0.2, 0.25) is 0 Å². The molecule has 0 spiro atoms. The fourth-order valence-corrected chi connectivity index (χ4v) is 2.33. The highest BCUT2D eigenvalue weighted by Crippen LogP contribution is 2.25. The second-order valence-corrected chi connectivity index (χ2v) is 5.54. The first-order chi connectivity index (χ1) is 12.0. The average molecular weight is 362 g/mol. The van der Waals surface area contributed by atoms with Gasteiger partial charge < -0.3 is 14.8 Å². The lowest BCUT2D eigenvalue weighted by molar-refractivity contribution is -0.119. The van der Waals surface area contributed by atoms with E-state index in [1.54, 1.807) is 45.4 Å². The molecule has 0 aliphatic carbocycles. The third-order valence-corrected chi connectivity index (χ3v) is 3.79. The number of para-hydroxylation sites is 1. The number of benzene rings is 2. The van der Waals surface area contributed by atoms with Crippen molar-refractivity contribution >= 4 is 28.9 Å². The second-order valence-electron chi connectivity index (χ2n) is 5.13. The zero-order chi connectivity index (χ0) is 18.2. The van der Waals surface area contributed by atoms with Gasteiger partial charge in [-0.3, -0.25) is 4.79 Å². The van der Waals surface area contributed by atoms with Crippen LogP contribution in [0.5, 0.6) is 11.5 Å². The summed E-state index contributed by atoms with van der Waals surface area (Å²) in [6, 6.07) is 12.6. The van der Waals surface area contributed by atoms with Gasteiger partial charge in [-0.15, -0.1) is 0 Å². The molecule has 0 saturated carbocycles. The van der Waals surface area contributed by atoms with Crippen molar-refractivity contribution in [2.24, 2.45) is 5.10 Å². The van der Waals surface area contributed by atoms with Crippen LogP contribution in [0.1, 0.15) is 12.5 Å². The molecule has 0 fully saturated rings. The number of carbonyl (C=O) groups excluding carboxylic acids is 1. The molecule has 0 heterocycles. The Morgan fingerprint density at radius 2 is 1.92 bits per heavy atom. The molecule has 0 unspecified atom stereocenters. The van der Waals surface area contributed by atoms with E-state index in [0.29, 0.717) is 27.9 Å². The molecular weight excluding hydrogens is 342 g/mol. The fraction of sp³-hybridized carbons (Fsp3) is 0.222. The lowest BCUT2D eigenvalue weighted by Gasteiger charge is -2.10. The quantitative estimate of drug-likeness (QED) is 0.586. The Labute approximate surface area is 151 Å². The van der Waals surface area contributed by atoms with E-state index < -0.39 is 0 Å². The first kappa shape index (κ1) is 18.6. The van der Waals surface area contributed by atoms with Gasteiger partial charge in [0.05, 0.1) is 37.2 Å². The highest BCUT2D eigenvalue weighted by molar-refractivity contribution is 6.33. The number of methoxy groups -OCH3 is 2. The predicted octanol–water partition coefficient (Wildman–Crippen LogP) is 3.31. The summed E-state index contributed by atoms with van der Waals surface area (Å²) in [5.41, 5.74) is 4.58. The van der Waals surface area contributed by atoms with Crippen LogP contribution in [0, 0.1) is 0 Å². The smallest absolute Gasteiger partial charge is 0.259 e. The lowest BCUT2D eigenvalue weighted by Crippen LogP contribution is -2.26. The molecule has 0 bridgehead atoms. The Morgan fingerprint density at radius 1 is 1.16 bits per heavy atom. The summed E-state index contributed by atoms with van der Waals surface area (Å²) in [6.45, 7) is 1.84. The van der Waals surface area contributed by atoms with Crippen LogP contribution in [0.4, 0.5) is 5.69 Å². The van der Waals surface area contributed by atoms with Gasteiger partial charge in [0.15, 0.2) is 0 Å². The van der Waals surface area contributed by atoms with Crippen LogP contribution in [-0.2, 0) is 4.79 Å². The van der Waals surface area contributed by atoms with Gasteiger partial charge in [-0.05, 0) is 31.2 Å². The Morgan fingerprint density at radius 3 is 2.60 bits per heavy atom. The molecule has 132 valence electrons. The Hall–Kier alpha value is -2.73. The molecule has 0 radical (unpaired) electrons. The average Bonchev–Trinajstić information content (AvgIpc) is 2.64. The molecule has 7 heteroatoms. The van der Waals surface area contributed by atoms with Crippen LogP contribution in [0.3, 0.4) is 0 Å². The van der Waals surface area contributed by atoms with Crippen molar-refractivity contribution in [1.29, 1.82) is 0 Å². The molecule has 2 aromatic rings. The summed E-state index contributed by atoms with van der Waals surface area (Å²) in [4.78, 5) is 11.9. The number of hydrogen-bond acceptors (Lipinski definition) is 5. The molecule has 1 amide bonds. The molecular formula is C18H20ClN3O3. The van der Waals surface area contributed by atoms with Gasteiger partial charge in [-0.2, -0.15) is 5.10 Å². The van der Waals surface area contributed by atoms with E-state index in [-0.39, 0.29) is 12.5 Å². The highest BCUT2D eigenvalue weighted by Gasteiger charge is 2.09. The zero-order valence-corrected chi connectivity index (χ0v) is 15.1. The van der Waals surface area contributed by atoms with Crippen LogP contribution >= 0.6 is 11.6 Å². The molecule has 0 aliphatic heterocycles. The first-order valence-corrected chi connectivity index (χ1v) is 7.97. The molecule has 0 saturated heterocycles. The monoisotopic (exact) mass is 361 g/mol. The third kappa shape index (κ3) is 5.12. The predicted molar refractivity (Wildman–Crippen MR) is 99.8 cm³/mol. The van der Waals surface area contributed by atoms with Crippen LogP contribution in [0.15, 0.2) is 47.6 Å². The van der Waals surface area contributed by atoms with E-state index >= 15 is 0 Å². The minimum absolute atomic E-state index is 0.0558. The summed E-state index contributed by atoms with van der Waals surface area (Å²) in [5.74, 6) is 1.01. The van der Waals surface area contributed by atoms with Crippen molar-refractivity contribution in [3.8, 4) is 11.5 Å². The Bertz CT molecular complexity index is 778. The molecule has 2 aromatic carbocycles. The maximum Gasteiger partial charge on any atom is 0.259 e. The highest BCUT2D eigenvalue weighted by atomic mass is 35.5. The molecule has 0 aromatic heterocycles. The van der Waals surface area contributed by atoms with E-state index in [1.165, 1.54) is 0 Å². The van der Waals surface area contributed by atoms with Gasteiger partial charge in [0, 0.05) is 11.6 Å². The van der Waals surface area contributed by atoms with Gasteiger partial charge >= 0.3 is 0 Å². The molecule has 0 aliphatic rings. The van der Waals surface area contributed by atoms with E-state index in [9.17, 15) is 4.79 Å². The Kier molecular flexibility index (Phi) is 6.65. The second kappa shape index (κ2) is 8.94. The van der Waals surface area contributed by atoms with Crippen LogP contribution in [0.2, 0.25) is 5.02 Å². The van der Waals surface area contributed by atoms with Crippen LogP contribution < -0.4 is 20.2 Å².